The normalized spacial score (nSPS) is 16.6. The lowest BCUT2D eigenvalue weighted by Crippen LogP contribution is -2.36. The van der Waals surface area contributed by atoms with Gasteiger partial charge in [-0.25, -0.2) is 9.97 Å². The second-order valence-electron chi connectivity index (χ2n) is 7.55. The highest BCUT2D eigenvalue weighted by atomic mass is 16.1. The zero-order chi connectivity index (χ0) is 19.8. The summed E-state index contributed by atoms with van der Waals surface area (Å²) < 4.78 is 0. The zero-order valence-corrected chi connectivity index (χ0v) is 16.9. The quantitative estimate of drug-likeness (QED) is 0.732. The minimum atomic E-state index is 0.133. The number of nitrogens with zero attached hydrogens (tertiary/aromatic N) is 3. The molecule has 2 aromatic rings. The molecular weight excluding hydrogens is 350 g/mol. The van der Waals surface area contributed by atoms with Crippen molar-refractivity contribution < 1.29 is 4.79 Å². The summed E-state index contributed by atoms with van der Waals surface area (Å²) >= 11 is 0. The molecule has 28 heavy (non-hydrogen) atoms. The van der Waals surface area contributed by atoms with E-state index in [4.69, 9.17) is 0 Å². The van der Waals surface area contributed by atoms with Crippen molar-refractivity contribution in [1.29, 1.82) is 0 Å². The zero-order valence-electron chi connectivity index (χ0n) is 16.9. The predicted molar refractivity (Wildman–Crippen MR) is 113 cm³/mol. The Balaban J connectivity index is 1.45. The molecule has 0 radical (unpaired) electrons. The Kier molecular flexibility index (Phi) is 7.23. The molecule has 1 atom stereocenters. The Hall–Kier alpha value is -2.63. The molecule has 6 nitrogen and oxygen atoms in total. The van der Waals surface area contributed by atoms with Gasteiger partial charge in [-0.15, -0.1) is 0 Å². The van der Waals surface area contributed by atoms with Gasteiger partial charge in [0.15, 0.2) is 0 Å². The highest BCUT2D eigenvalue weighted by Gasteiger charge is 2.22. The van der Waals surface area contributed by atoms with Crippen LogP contribution in [0.25, 0.3) is 0 Å². The third-order valence-electron chi connectivity index (χ3n) is 5.24. The average Bonchev–Trinajstić information content (AvgIpc) is 2.72. The molecular formula is C22H31N5O. The maximum absolute atomic E-state index is 12.2. The number of benzene rings is 1. The summed E-state index contributed by atoms with van der Waals surface area (Å²) in [5, 5.41) is 6.28. The van der Waals surface area contributed by atoms with Crippen molar-refractivity contribution in [3.05, 3.63) is 47.8 Å². The standard InChI is InChI=1S/C22H31N5O/c1-3-23-20-13-21(26-16-25-20)27-12-4-5-19(15-27)10-11-22(28)24-14-18-8-6-17(2)7-9-18/h6-9,13,16,19H,3-5,10-12,14-15H2,1-2H3,(H,24,28)(H,23,25,26)/t19-/m1/s1. The third-order valence-corrected chi connectivity index (χ3v) is 5.24. The molecule has 0 bridgehead atoms. The second kappa shape index (κ2) is 10.1. The van der Waals surface area contributed by atoms with E-state index >= 15 is 0 Å². The maximum Gasteiger partial charge on any atom is 0.220 e. The van der Waals surface area contributed by atoms with Gasteiger partial charge in [-0.2, -0.15) is 0 Å². The highest BCUT2D eigenvalue weighted by molar-refractivity contribution is 5.75. The molecule has 6 heteroatoms. The fraction of sp³-hybridized carbons (Fsp3) is 0.500. The average molecular weight is 382 g/mol. The van der Waals surface area contributed by atoms with Crippen molar-refractivity contribution in [2.75, 3.05) is 29.9 Å². The molecule has 1 aromatic heterocycles. The summed E-state index contributed by atoms with van der Waals surface area (Å²) in [6.07, 6.45) is 5.43. The molecule has 0 aliphatic carbocycles. The van der Waals surface area contributed by atoms with Crippen molar-refractivity contribution in [3.8, 4) is 0 Å². The molecule has 150 valence electrons. The SMILES string of the molecule is CCNc1cc(N2CCC[C@H](CCC(=O)NCc3ccc(C)cc3)C2)ncn1. The molecule has 0 spiro atoms. The van der Waals surface area contributed by atoms with Crippen molar-refractivity contribution in [3.63, 3.8) is 0 Å². The fourth-order valence-electron chi connectivity index (χ4n) is 3.64. The van der Waals surface area contributed by atoms with E-state index in [1.54, 1.807) is 6.33 Å². The van der Waals surface area contributed by atoms with Gasteiger partial charge in [0.05, 0.1) is 0 Å². The number of hydrogen-bond donors (Lipinski definition) is 2. The van der Waals surface area contributed by atoms with Crippen LogP contribution < -0.4 is 15.5 Å². The smallest absolute Gasteiger partial charge is 0.220 e. The van der Waals surface area contributed by atoms with Crippen molar-refractivity contribution in [1.82, 2.24) is 15.3 Å². The van der Waals surface area contributed by atoms with E-state index in [0.29, 0.717) is 18.9 Å². The Morgan fingerprint density at radius 2 is 2.07 bits per heavy atom. The molecule has 1 aliphatic heterocycles. The summed E-state index contributed by atoms with van der Waals surface area (Å²) in [5.41, 5.74) is 2.38. The maximum atomic E-state index is 12.2. The number of rotatable bonds is 8. The first-order chi connectivity index (χ1) is 13.6. The molecule has 1 saturated heterocycles. The van der Waals surface area contributed by atoms with E-state index in [1.807, 2.05) is 6.07 Å². The molecule has 2 heterocycles. The largest absolute Gasteiger partial charge is 0.370 e. The molecule has 1 aromatic carbocycles. The second-order valence-corrected chi connectivity index (χ2v) is 7.55. The number of carbonyl (C=O) groups is 1. The Morgan fingerprint density at radius 1 is 1.25 bits per heavy atom. The molecule has 2 N–H and O–H groups in total. The molecule has 1 amide bonds. The van der Waals surface area contributed by atoms with Crippen molar-refractivity contribution in [2.24, 2.45) is 5.92 Å². The summed E-state index contributed by atoms with van der Waals surface area (Å²) in [7, 11) is 0. The monoisotopic (exact) mass is 381 g/mol. The molecule has 0 saturated carbocycles. The van der Waals surface area contributed by atoms with Gasteiger partial charge >= 0.3 is 0 Å². The van der Waals surface area contributed by atoms with Gasteiger partial charge in [0, 0.05) is 38.7 Å². The minimum absolute atomic E-state index is 0.133. The van der Waals surface area contributed by atoms with Gasteiger partial charge in [0.1, 0.15) is 18.0 Å². The van der Waals surface area contributed by atoms with Crippen LogP contribution in [0.15, 0.2) is 36.7 Å². The van der Waals surface area contributed by atoms with Crippen molar-refractivity contribution in [2.45, 2.75) is 46.1 Å². The summed E-state index contributed by atoms with van der Waals surface area (Å²) in [5.74, 6) is 2.50. The van der Waals surface area contributed by atoms with Crippen LogP contribution in [0.4, 0.5) is 11.6 Å². The van der Waals surface area contributed by atoms with Crippen molar-refractivity contribution >= 4 is 17.5 Å². The Bertz CT molecular complexity index is 762. The van der Waals surface area contributed by atoms with Crippen LogP contribution in [-0.4, -0.2) is 35.5 Å². The van der Waals surface area contributed by atoms with Crippen LogP contribution in [0.1, 0.15) is 43.7 Å². The van der Waals surface area contributed by atoms with Gasteiger partial charge < -0.3 is 15.5 Å². The topological polar surface area (TPSA) is 70.2 Å². The highest BCUT2D eigenvalue weighted by Crippen LogP contribution is 2.25. The minimum Gasteiger partial charge on any atom is -0.370 e. The lowest BCUT2D eigenvalue weighted by atomic mass is 9.93. The fourth-order valence-corrected chi connectivity index (χ4v) is 3.64. The van der Waals surface area contributed by atoms with Gasteiger partial charge in [0.25, 0.3) is 0 Å². The van der Waals surface area contributed by atoms with Crippen LogP contribution in [0, 0.1) is 12.8 Å². The lowest BCUT2D eigenvalue weighted by Gasteiger charge is -2.33. The van der Waals surface area contributed by atoms with E-state index in [0.717, 1.165) is 49.7 Å². The first kappa shape index (κ1) is 20.1. The number of aromatic nitrogens is 2. The van der Waals surface area contributed by atoms with Gasteiger partial charge in [-0.1, -0.05) is 29.8 Å². The van der Waals surface area contributed by atoms with Gasteiger partial charge in [0.2, 0.25) is 5.91 Å². The first-order valence-corrected chi connectivity index (χ1v) is 10.3. The lowest BCUT2D eigenvalue weighted by molar-refractivity contribution is -0.121. The number of carbonyl (C=O) groups excluding carboxylic acids is 1. The van der Waals surface area contributed by atoms with E-state index < -0.39 is 0 Å². The van der Waals surface area contributed by atoms with Crippen LogP contribution >= 0.6 is 0 Å². The van der Waals surface area contributed by atoms with E-state index in [2.05, 4.69) is 63.6 Å². The van der Waals surface area contributed by atoms with Crippen LogP contribution in [-0.2, 0) is 11.3 Å². The Morgan fingerprint density at radius 3 is 2.86 bits per heavy atom. The Labute approximate surface area is 167 Å². The van der Waals surface area contributed by atoms with Crippen LogP contribution in [0.2, 0.25) is 0 Å². The number of anilines is 2. The summed E-state index contributed by atoms with van der Waals surface area (Å²) in [6, 6.07) is 10.3. The molecule has 3 rings (SSSR count). The van der Waals surface area contributed by atoms with E-state index in [1.165, 1.54) is 12.0 Å². The van der Waals surface area contributed by atoms with E-state index in [9.17, 15) is 4.79 Å². The van der Waals surface area contributed by atoms with Gasteiger partial charge in [-0.3, -0.25) is 4.79 Å². The van der Waals surface area contributed by atoms with E-state index in [-0.39, 0.29) is 5.91 Å². The predicted octanol–water partition coefficient (Wildman–Crippen LogP) is 3.53. The summed E-state index contributed by atoms with van der Waals surface area (Å²) in [4.78, 5) is 23.3. The third kappa shape index (κ3) is 5.94. The molecule has 1 fully saturated rings. The summed E-state index contributed by atoms with van der Waals surface area (Å²) in [6.45, 7) is 7.54. The van der Waals surface area contributed by atoms with Gasteiger partial charge in [-0.05, 0) is 44.6 Å². The van der Waals surface area contributed by atoms with Crippen LogP contribution in [0.5, 0.6) is 0 Å². The van der Waals surface area contributed by atoms with Crippen LogP contribution in [0.3, 0.4) is 0 Å². The number of piperidine rings is 1. The number of amides is 1. The molecule has 0 unspecified atom stereocenters. The number of nitrogens with one attached hydrogen (secondary N) is 2. The first-order valence-electron chi connectivity index (χ1n) is 10.3. The number of aryl methyl sites for hydroxylation is 1. The molecule has 1 aliphatic rings. The number of hydrogen-bond acceptors (Lipinski definition) is 5.